The van der Waals surface area contributed by atoms with Gasteiger partial charge in [-0.1, -0.05) is 20.8 Å². The van der Waals surface area contributed by atoms with Gasteiger partial charge in [-0.25, -0.2) is 18.1 Å². The second-order valence-corrected chi connectivity index (χ2v) is 12.1. The molecule has 3 heterocycles. The molecule has 4 rings (SSSR count). The third kappa shape index (κ3) is 6.40. The summed E-state index contributed by atoms with van der Waals surface area (Å²) in [5.41, 5.74) is 3.01. The molecule has 1 atom stereocenters. The average Bonchev–Trinajstić information content (AvgIpc) is 3.55. The fraction of sp³-hybridized carbons (Fsp3) is 0.357. The molecule has 40 heavy (non-hydrogen) atoms. The number of aliphatic hydroxyl groups is 1. The smallest absolute Gasteiger partial charge is 0.270 e. The van der Waals surface area contributed by atoms with E-state index in [2.05, 4.69) is 20.7 Å². The Morgan fingerprint density at radius 2 is 1.82 bits per heavy atom. The standard InChI is InChI=1S/C28H34N6O5S/c1-5-24-25(28(37)31-20(17-35)13-18(2)3)33-12-6-7-23(26(33)32-24)27(36)29-14-19-15-30-34(16-19)21-8-10-22(11-9-21)40(4,38)39/h6-12,15-16,18,20,35H,5,13-14,17H2,1-4H3,(H,29,36)(H,31,37)/t20-/m0/s1. The van der Waals surface area contributed by atoms with Crippen LogP contribution in [0.4, 0.5) is 0 Å². The molecule has 3 aromatic heterocycles. The van der Waals surface area contributed by atoms with Crippen LogP contribution < -0.4 is 10.6 Å². The van der Waals surface area contributed by atoms with Crippen LogP contribution >= 0.6 is 0 Å². The minimum atomic E-state index is -3.29. The first-order valence-corrected chi connectivity index (χ1v) is 14.9. The molecule has 0 unspecified atom stereocenters. The van der Waals surface area contributed by atoms with E-state index in [0.29, 0.717) is 47.0 Å². The van der Waals surface area contributed by atoms with E-state index in [1.54, 1.807) is 51.9 Å². The number of benzene rings is 1. The molecule has 0 saturated carbocycles. The van der Waals surface area contributed by atoms with Gasteiger partial charge >= 0.3 is 0 Å². The number of fused-ring (bicyclic) bond motifs is 1. The zero-order chi connectivity index (χ0) is 29.0. The van der Waals surface area contributed by atoms with Crippen LogP contribution in [0.3, 0.4) is 0 Å². The number of rotatable bonds is 11. The Hall–Kier alpha value is -4.03. The first-order valence-electron chi connectivity index (χ1n) is 13.1. The Labute approximate surface area is 233 Å². The SMILES string of the molecule is CCc1nc2c(C(=O)NCc3cnn(-c4ccc(S(C)(=O)=O)cc4)c3)cccn2c1C(=O)N[C@H](CO)CC(C)C. The summed E-state index contributed by atoms with van der Waals surface area (Å²) in [6.45, 7) is 5.97. The summed E-state index contributed by atoms with van der Waals surface area (Å²) < 4.78 is 26.6. The summed E-state index contributed by atoms with van der Waals surface area (Å²) in [5, 5.41) is 19.8. The molecule has 3 N–H and O–H groups in total. The molecule has 2 amide bonds. The molecule has 11 nitrogen and oxygen atoms in total. The van der Waals surface area contributed by atoms with Gasteiger partial charge in [-0.2, -0.15) is 5.10 Å². The van der Waals surface area contributed by atoms with Crippen molar-refractivity contribution in [2.24, 2.45) is 5.92 Å². The lowest BCUT2D eigenvalue weighted by atomic mass is 10.0. The monoisotopic (exact) mass is 566 g/mol. The second kappa shape index (κ2) is 12.0. The minimum absolute atomic E-state index is 0.168. The van der Waals surface area contributed by atoms with E-state index in [4.69, 9.17) is 0 Å². The topological polar surface area (TPSA) is 148 Å². The molecular weight excluding hydrogens is 532 g/mol. The van der Waals surface area contributed by atoms with E-state index >= 15 is 0 Å². The number of imidazole rings is 1. The Balaban J connectivity index is 1.51. The van der Waals surface area contributed by atoms with Gasteiger partial charge in [-0.15, -0.1) is 0 Å². The summed E-state index contributed by atoms with van der Waals surface area (Å²) in [5.74, 6) is -0.407. The number of aryl methyl sites for hydroxylation is 1. The van der Waals surface area contributed by atoms with Crippen molar-refractivity contribution in [2.75, 3.05) is 12.9 Å². The van der Waals surface area contributed by atoms with E-state index < -0.39 is 9.84 Å². The molecular formula is C28H34N6O5S. The van der Waals surface area contributed by atoms with Crippen molar-refractivity contribution < 1.29 is 23.1 Å². The van der Waals surface area contributed by atoms with Crippen LogP contribution in [0.15, 0.2) is 59.9 Å². The Morgan fingerprint density at radius 3 is 2.45 bits per heavy atom. The van der Waals surface area contributed by atoms with Crippen LogP contribution in [0.1, 0.15) is 59.3 Å². The molecule has 0 fully saturated rings. The molecule has 4 aromatic rings. The molecule has 1 aromatic carbocycles. The molecule has 12 heteroatoms. The van der Waals surface area contributed by atoms with Crippen LogP contribution in [-0.4, -0.2) is 63.4 Å². The van der Waals surface area contributed by atoms with Crippen LogP contribution in [0.5, 0.6) is 0 Å². The van der Waals surface area contributed by atoms with Crippen molar-refractivity contribution in [3.05, 3.63) is 77.5 Å². The first kappa shape index (κ1) is 29.0. The largest absolute Gasteiger partial charge is 0.394 e. The lowest BCUT2D eigenvalue weighted by molar-refractivity contribution is 0.0899. The number of pyridine rings is 1. The zero-order valence-corrected chi connectivity index (χ0v) is 23.8. The van der Waals surface area contributed by atoms with Gasteiger partial charge in [0.15, 0.2) is 15.5 Å². The molecule has 0 spiro atoms. The molecule has 0 saturated heterocycles. The minimum Gasteiger partial charge on any atom is -0.394 e. The van der Waals surface area contributed by atoms with E-state index in [9.17, 15) is 23.1 Å². The highest BCUT2D eigenvalue weighted by Gasteiger charge is 2.24. The molecule has 0 aliphatic carbocycles. The number of nitrogens with zero attached hydrogens (tertiary/aromatic N) is 4. The highest BCUT2D eigenvalue weighted by molar-refractivity contribution is 7.90. The number of aliphatic hydroxyl groups excluding tert-OH is 1. The summed E-state index contributed by atoms with van der Waals surface area (Å²) >= 11 is 0. The van der Waals surface area contributed by atoms with Crippen molar-refractivity contribution in [1.29, 1.82) is 0 Å². The molecule has 0 aliphatic heterocycles. The van der Waals surface area contributed by atoms with Crippen molar-refractivity contribution in [3.8, 4) is 5.69 Å². The number of nitrogens with one attached hydrogen (secondary N) is 2. The summed E-state index contributed by atoms with van der Waals surface area (Å²) in [6, 6.07) is 9.33. The van der Waals surface area contributed by atoms with Crippen LogP contribution in [0, 0.1) is 5.92 Å². The normalized spacial score (nSPS) is 12.6. The highest BCUT2D eigenvalue weighted by atomic mass is 32.2. The average molecular weight is 567 g/mol. The third-order valence-electron chi connectivity index (χ3n) is 6.45. The van der Waals surface area contributed by atoms with Gasteiger partial charge in [0.1, 0.15) is 5.69 Å². The summed E-state index contributed by atoms with van der Waals surface area (Å²) in [7, 11) is -3.29. The van der Waals surface area contributed by atoms with Crippen molar-refractivity contribution in [2.45, 2.75) is 51.1 Å². The Bertz CT molecular complexity index is 1620. The van der Waals surface area contributed by atoms with Gasteiger partial charge in [0.2, 0.25) is 0 Å². The molecule has 0 aliphatic rings. The van der Waals surface area contributed by atoms with Gasteiger partial charge in [0.05, 0.1) is 40.7 Å². The lowest BCUT2D eigenvalue weighted by Crippen LogP contribution is -2.39. The fourth-order valence-electron chi connectivity index (χ4n) is 4.50. The highest BCUT2D eigenvalue weighted by Crippen LogP contribution is 2.19. The Kier molecular flexibility index (Phi) is 8.70. The number of sulfone groups is 1. The van der Waals surface area contributed by atoms with Crippen molar-refractivity contribution >= 4 is 27.3 Å². The molecule has 212 valence electrons. The second-order valence-electron chi connectivity index (χ2n) is 10.1. The van der Waals surface area contributed by atoms with E-state index in [1.165, 1.54) is 12.1 Å². The summed E-state index contributed by atoms with van der Waals surface area (Å²) in [6.07, 6.45) is 7.34. The van der Waals surface area contributed by atoms with E-state index in [-0.39, 0.29) is 35.9 Å². The fourth-order valence-corrected chi connectivity index (χ4v) is 5.13. The number of hydrogen-bond acceptors (Lipinski definition) is 7. The number of aromatic nitrogens is 4. The van der Waals surface area contributed by atoms with Crippen LogP contribution in [-0.2, 0) is 22.8 Å². The number of carbonyl (C=O) groups is 2. The van der Waals surface area contributed by atoms with Gasteiger partial charge in [-0.05, 0) is 55.2 Å². The van der Waals surface area contributed by atoms with Crippen LogP contribution in [0.25, 0.3) is 11.3 Å². The number of carbonyl (C=O) groups excluding carboxylic acids is 2. The summed E-state index contributed by atoms with van der Waals surface area (Å²) in [4.78, 5) is 31.2. The van der Waals surface area contributed by atoms with Crippen molar-refractivity contribution in [3.63, 3.8) is 0 Å². The third-order valence-corrected chi connectivity index (χ3v) is 7.58. The maximum Gasteiger partial charge on any atom is 0.270 e. The molecule has 0 radical (unpaired) electrons. The van der Waals surface area contributed by atoms with Gasteiger partial charge in [0.25, 0.3) is 11.8 Å². The van der Waals surface area contributed by atoms with E-state index in [0.717, 1.165) is 11.8 Å². The Morgan fingerprint density at radius 1 is 1.10 bits per heavy atom. The molecule has 0 bridgehead atoms. The van der Waals surface area contributed by atoms with Gasteiger partial charge in [-0.3, -0.25) is 14.0 Å². The van der Waals surface area contributed by atoms with E-state index in [1.807, 2.05) is 20.8 Å². The quantitative estimate of drug-likeness (QED) is 0.253. The number of amides is 2. The maximum atomic E-state index is 13.2. The first-order chi connectivity index (χ1) is 19.0. The van der Waals surface area contributed by atoms with Crippen molar-refractivity contribution in [1.82, 2.24) is 29.8 Å². The predicted octanol–water partition coefficient (Wildman–Crippen LogP) is 2.55. The van der Waals surface area contributed by atoms with Gasteiger partial charge in [0, 0.05) is 30.8 Å². The lowest BCUT2D eigenvalue weighted by Gasteiger charge is -2.18. The van der Waals surface area contributed by atoms with Gasteiger partial charge < -0.3 is 15.7 Å². The van der Waals surface area contributed by atoms with Crippen LogP contribution in [0.2, 0.25) is 0 Å². The maximum absolute atomic E-state index is 13.2. The predicted molar refractivity (Wildman–Crippen MR) is 150 cm³/mol. The zero-order valence-electron chi connectivity index (χ0n) is 23.0. The number of hydrogen-bond donors (Lipinski definition) is 3.